The number of amides is 1. The van der Waals surface area contributed by atoms with Crippen molar-refractivity contribution < 1.29 is 4.79 Å². The molecule has 0 aliphatic carbocycles. The lowest BCUT2D eigenvalue weighted by atomic mass is 10.3. The summed E-state index contributed by atoms with van der Waals surface area (Å²) in [6.45, 7) is 0. The van der Waals surface area contributed by atoms with E-state index in [4.69, 9.17) is 0 Å². The molecule has 76 valence electrons. The molecule has 0 saturated carbocycles. The summed E-state index contributed by atoms with van der Waals surface area (Å²) >= 11 is 4.67. The number of carbonyl (C=O) groups excluding carboxylic acids is 1. The van der Waals surface area contributed by atoms with Crippen LogP contribution in [0.5, 0.6) is 0 Å². The molecule has 1 aromatic carbocycles. The summed E-state index contributed by atoms with van der Waals surface area (Å²) in [7, 11) is 0. The highest BCUT2D eigenvalue weighted by molar-refractivity contribution is 9.10. The predicted molar refractivity (Wildman–Crippen MR) is 64.2 cm³/mol. The van der Waals surface area contributed by atoms with Crippen LogP contribution < -0.4 is 5.32 Å². The minimum absolute atomic E-state index is 0.183. The van der Waals surface area contributed by atoms with Crippen molar-refractivity contribution in [3.05, 3.63) is 45.3 Å². The lowest BCUT2D eigenvalue weighted by molar-refractivity contribution is 0.102. The van der Waals surface area contributed by atoms with Crippen LogP contribution in [0.1, 0.15) is 9.80 Å². The summed E-state index contributed by atoms with van der Waals surface area (Å²) in [5.74, 6) is -0.183. The highest BCUT2D eigenvalue weighted by atomic mass is 79.9. The Morgan fingerprint density at radius 2 is 2.20 bits per heavy atom. The van der Waals surface area contributed by atoms with E-state index in [0.717, 1.165) is 10.2 Å². The topological polar surface area (TPSA) is 42.0 Å². The van der Waals surface area contributed by atoms with Gasteiger partial charge in [-0.2, -0.15) is 0 Å². The molecule has 0 aliphatic rings. The molecule has 0 fully saturated rings. The van der Waals surface area contributed by atoms with E-state index in [0.29, 0.717) is 5.01 Å². The van der Waals surface area contributed by atoms with Gasteiger partial charge < -0.3 is 5.32 Å². The summed E-state index contributed by atoms with van der Waals surface area (Å²) in [5, 5.41) is 5.01. The van der Waals surface area contributed by atoms with Gasteiger partial charge >= 0.3 is 0 Å². The van der Waals surface area contributed by atoms with E-state index in [1.165, 1.54) is 11.3 Å². The Hall–Kier alpha value is -1.20. The molecule has 5 heteroatoms. The van der Waals surface area contributed by atoms with Crippen LogP contribution in [0.4, 0.5) is 5.69 Å². The number of rotatable bonds is 2. The molecule has 2 aromatic rings. The van der Waals surface area contributed by atoms with Crippen molar-refractivity contribution >= 4 is 38.9 Å². The maximum atomic E-state index is 11.6. The largest absolute Gasteiger partial charge is 0.319 e. The van der Waals surface area contributed by atoms with Crippen molar-refractivity contribution in [3.63, 3.8) is 0 Å². The Bertz CT molecular complexity index is 470. The van der Waals surface area contributed by atoms with Crippen molar-refractivity contribution in [3.8, 4) is 0 Å². The minimum Gasteiger partial charge on any atom is -0.319 e. The number of nitrogens with zero attached hydrogens (tertiary/aromatic N) is 1. The second-order valence-corrected chi connectivity index (χ2v) is 4.52. The quantitative estimate of drug-likeness (QED) is 0.919. The SMILES string of the molecule is O=C(Nc1ccccc1Br)c1nccs1. The summed E-state index contributed by atoms with van der Waals surface area (Å²) in [6, 6.07) is 7.46. The zero-order valence-corrected chi connectivity index (χ0v) is 10.0. The molecule has 1 amide bonds. The maximum Gasteiger partial charge on any atom is 0.284 e. The molecule has 0 atom stereocenters. The Morgan fingerprint density at radius 1 is 1.40 bits per heavy atom. The van der Waals surface area contributed by atoms with Gasteiger partial charge in [0.1, 0.15) is 0 Å². The number of benzene rings is 1. The fourth-order valence-electron chi connectivity index (χ4n) is 1.07. The molecule has 0 saturated heterocycles. The first-order valence-corrected chi connectivity index (χ1v) is 5.90. The standard InChI is InChI=1S/C10H7BrN2OS/c11-7-3-1-2-4-8(7)13-9(14)10-12-5-6-15-10/h1-6H,(H,13,14). The van der Waals surface area contributed by atoms with Gasteiger partial charge in [0.25, 0.3) is 5.91 Å². The molecular formula is C10H7BrN2OS. The molecule has 1 N–H and O–H groups in total. The van der Waals surface area contributed by atoms with Crippen LogP contribution in [0.2, 0.25) is 0 Å². The first-order valence-electron chi connectivity index (χ1n) is 4.23. The van der Waals surface area contributed by atoms with Crippen LogP contribution in [0.25, 0.3) is 0 Å². The Balaban J connectivity index is 2.17. The second-order valence-electron chi connectivity index (χ2n) is 2.77. The van der Waals surface area contributed by atoms with Gasteiger partial charge in [-0.15, -0.1) is 11.3 Å². The number of aromatic nitrogens is 1. The third-order valence-corrected chi connectivity index (χ3v) is 3.21. The Labute approximate surface area is 99.3 Å². The van der Waals surface area contributed by atoms with Crippen molar-refractivity contribution in [1.82, 2.24) is 4.98 Å². The van der Waals surface area contributed by atoms with E-state index in [1.807, 2.05) is 24.3 Å². The number of thiazole rings is 1. The average Bonchev–Trinajstić information content (AvgIpc) is 2.74. The Kier molecular flexibility index (Phi) is 3.13. The van der Waals surface area contributed by atoms with Crippen LogP contribution in [0, 0.1) is 0 Å². The molecule has 0 radical (unpaired) electrons. The third-order valence-electron chi connectivity index (χ3n) is 1.75. The van der Waals surface area contributed by atoms with E-state index in [2.05, 4.69) is 26.2 Å². The number of halogens is 1. The maximum absolute atomic E-state index is 11.6. The van der Waals surface area contributed by atoms with Gasteiger partial charge in [0.2, 0.25) is 0 Å². The molecule has 0 bridgehead atoms. The number of hydrogen-bond donors (Lipinski definition) is 1. The number of anilines is 1. The Morgan fingerprint density at radius 3 is 2.87 bits per heavy atom. The molecular weight excluding hydrogens is 276 g/mol. The summed E-state index contributed by atoms with van der Waals surface area (Å²) in [6.07, 6.45) is 1.61. The van der Waals surface area contributed by atoms with Crippen LogP contribution in [-0.4, -0.2) is 10.9 Å². The second kappa shape index (κ2) is 4.55. The minimum atomic E-state index is -0.183. The number of nitrogens with one attached hydrogen (secondary N) is 1. The van der Waals surface area contributed by atoms with Gasteiger partial charge in [0.15, 0.2) is 5.01 Å². The number of hydrogen-bond acceptors (Lipinski definition) is 3. The van der Waals surface area contributed by atoms with Gasteiger partial charge in [-0.25, -0.2) is 4.98 Å². The highest BCUT2D eigenvalue weighted by Crippen LogP contribution is 2.22. The van der Waals surface area contributed by atoms with E-state index in [-0.39, 0.29) is 5.91 Å². The van der Waals surface area contributed by atoms with Gasteiger partial charge in [-0.1, -0.05) is 12.1 Å². The molecule has 1 heterocycles. The smallest absolute Gasteiger partial charge is 0.284 e. The first-order chi connectivity index (χ1) is 7.27. The molecule has 15 heavy (non-hydrogen) atoms. The average molecular weight is 283 g/mol. The first kappa shape index (κ1) is 10.3. The number of para-hydroxylation sites is 1. The summed E-state index contributed by atoms with van der Waals surface area (Å²) < 4.78 is 0.856. The third kappa shape index (κ3) is 2.43. The van der Waals surface area contributed by atoms with Crippen molar-refractivity contribution in [2.24, 2.45) is 0 Å². The fraction of sp³-hybridized carbons (Fsp3) is 0. The van der Waals surface area contributed by atoms with Gasteiger partial charge in [0.05, 0.1) is 5.69 Å². The van der Waals surface area contributed by atoms with E-state index < -0.39 is 0 Å². The van der Waals surface area contributed by atoms with Gasteiger partial charge in [0, 0.05) is 16.0 Å². The molecule has 0 unspecified atom stereocenters. The molecule has 1 aromatic heterocycles. The fourth-order valence-corrected chi connectivity index (χ4v) is 1.99. The lowest BCUT2D eigenvalue weighted by Crippen LogP contribution is -2.11. The van der Waals surface area contributed by atoms with Crippen molar-refractivity contribution in [2.75, 3.05) is 5.32 Å². The summed E-state index contributed by atoms with van der Waals surface area (Å²) in [5.41, 5.74) is 0.748. The lowest BCUT2D eigenvalue weighted by Gasteiger charge is -2.04. The van der Waals surface area contributed by atoms with Crippen molar-refractivity contribution in [1.29, 1.82) is 0 Å². The zero-order valence-electron chi connectivity index (χ0n) is 7.61. The highest BCUT2D eigenvalue weighted by Gasteiger charge is 2.09. The number of carbonyl (C=O) groups is 1. The normalized spacial score (nSPS) is 9.93. The monoisotopic (exact) mass is 282 g/mol. The molecule has 0 spiro atoms. The van der Waals surface area contributed by atoms with Gasteiger partial charge in [-0.3, -0.25) is 4.79 Å². The van der Waals surface area contributed by atoms with Gasteiger partial charge in [-0.05, 0) is 28.1 Å². The molecule has 3 nitrogen and oxygen atoms in total. The van der Waals surface area contributed by atoms with E-state index in [1.54, 1.807) is 11.6 Å². The molecule has 0 aliphatic heterocycles. The van der Waals surface area contributed by atoms with Crippen LogP contribution in [-0.2, 0) is 0 Å². The summed E-state index contributed by atoms with van der Waals surface area (Å²) in [4.78, 5) is 15.6. The molecule has 2 rings (SSSR count). The van der Waals surface area contributed by atoms with E-state index >= 15 is 0 Å². The van der Waals surface area contributed by atoms with Crippen LogP contribution in [0.15, 0.2) is 40.3 Å². The van der Waals surface area contributed by atoms with Crippen molar-refractivity contribution in [2.45, 2.75) is 0 Å². The zero-order chi connectivity index (χ0) is 10.7. The van der Waals surface area contributed by atoms with Crippen LogP contribution in [0.3, 0.4) is 0 Å². The van der Waals surface area contributed by atoms with E-state index in [9.17, 15) is 4.79 Å². The predicted octanol–water partition coefficient (Wildman–Crippen LogP) is 3.16. The van der Waals surface area contributed by atoms with Crippen LogP contribution >= 0.6 is 27.3 Å².